The summed E-state index contributed by atoms with van der Waals surface area (Å²) in [6.07, 6.45) is 1.16. The molecule has 5 heteroatoms. The minimum absolute atomic E-state index is 0.258. The Morgan fingerprint density at radius 1 is 1.35 bits per heavy atom. The van der Waals surface area contributed by atoms with Gasteiger partial charge in [0.2, 0.25) is 0 Å². The number of hydrogen-bond donors (Lipinski definition) is 2. The monoisotopic (exact) mass is 254 g/mol. The van der Waals surface area contributed by atoms with E-state index < -0.39 is 15.6 Å². The van der Waals surface area contributed by atoms with E-state index in [2.05, 4.69) is 4.72 Å². The third-order valence-electron chi connectivity index (χ3n) is 2.46. The molecule has 94 valence electrons. The van der Waals surface area contributed by atoms with Crippen LogP contribution in [0.3, 0.4) is 0 Å². The van der Waals surface area contributed by atoms with E-state index in [0.717, 1.165) is 6.42 Å². The topological polar surface area (TPSA) is 72.2 Å². The second kappa shape index (κ2) is 5.84. The zero-order valence-corrected chi connectivity index (χ0v) is 10.9. The molecule has 1 aromatic carbocycles. The molecule has 0 heterocycles. The predicted octanol–water partition coefficient (Wildman–Crippen LogP) is 0.922. The number of amides is 1. The van der Waals surface area contributed by atoms with E-state index in [1.165, 1.54) is 0 Å². The summed E-state index contributed by atoms with van der Waals surface area (Å²) in [6, 6.07) is 8.88. The van der Waals surface area contributed by atoms with Crippen LogP contribution in [0.5, 0.6) is 0 Å². The van der Waals surface area contributed by atoms with Gasteiger partial charge in [-0.15, -0.1) is 0 Å². The molecular formula is C12H18N2O2S. The summed E-state index contributed by atoms with van der Waals surface area (Å²) in [7, 11) is -1.14. The lowest BCUT2D eigenvalue weighted by Gasteiger charge is -2.15. The summed E-state index contributed by atoms with van der Waals surface area (Å²) < 4.78 is 15.6. The van der Waals surface area contributed by atoms with Crippen LogP contribution in [0.4, 0.5) is 0 Å². The van der Waals surface area contributed by atoms with E-state index in [9.17, 15) is 9.00 Å². The normalized spacial score (nSPS) is 14.0. The fourth-order valence-electron chi connectivity index (χ4n) is 1.63. The zero-order chi connectivity index (χ0) is 12.9. The van der Waals surface area contributed by atoms with Crippen LogP contribution in [0, 0.1) is 0 Å². The first-order valence-corrected chi connectivity index (χ1v) is 7.05. The van der Waals surface area contributed by atoms with E-state index in [1.54, 1.807) is 31.3 Å². The third-order valence-corrected chi connectivity index (χ3v) is 5.07. The van der Waals surface area contributed by atoms with Crippen LogP contribution < -0.4 is 10.5 Å². The van der Waals surface area contributed by atoms with Crippen LogP contribution in [0.2, 0.25) is 0 Å². The van der Waals surface area contributed by atoms with Gasteiger partial charge in [-0.2, -0.15) is 0 Å². The Labute approximate surface area is 102 Å². The van der Waals surface area contributed by atoms with E-state index in [-0.39, 0.29) is 4.86 Å². The molecule has 0 aromatic heterocycles. The molecule has 1 aromatic rings. The average molecular weight is 254 g/mol. The van der Waals surface area contributed by atoms with Crippen LogP contribution in [0.15, 0.2) is 35.2 Å². The second-order valence-electron chi connectivity index (χ2n) is 3.61. The average Bonchev–Trinajstić information content (AvgIpc) is 2.35. The molecule has 3 N–H and O–H groups in total. The molecular weight excluding hydrogens is 236 g/mol. The largest absolute Gasteiger partial charge is 0.365 e. The Morgan fingerprint density at radius 3 is 2.35 bits per heavy atom. The number of nitrogens with two attached hydrogens (primary N) is 1. The van der Waals surface area contributed by atoms with E-state index >= 15 is 0 Å². The second-order valence-corrected chi connectivity index (χ2v) is 6.10. The van der Waals surface area contributed by atoms with Gasteiger partial charge in [-0.25, -0.2) is 8.93 Å². The maximum Gasteiger partial charge on any atom is 0.254 e. The smallest absolute Gasteiger partial charge is 0.254 e. The number of primary amides is 1. The van der Waals surface area contributed by atoms with Crippen molar-refractivity contribution in [1.29, 1.82) is 0 Å². The molecule has 0 bridgehead atoms. The molecule has 1 rings (SSSR count). The van der Waals surface area contributed by atoms with Gasteiger partial charge in [0.05, 0.1) is 14.6 Å². The minimum Gasteiger partial charge on any atom is -0.365 e. The highest BCUT2D eigenvalue weighted by molar-refractivity contribution is 8.01. The van der Waals surface area contributed by atoms with E-state index in [4.69, 9.17) is 5.73 Å². The van der Waals surface area contributed by atoms with Gasteiger partial charge in [0.15, 0.2) is 0 Å². The molecule has 1 unspecified atom stereocenters. The summed E-state index contributed by atoms with van der Waals surface area (Å²) in [6.45, 7) is 1.92. The molecule has 1 amide bonds. The number of carbonyl (C=O) groups is 1. The fraction of sp³-hybridized carbons (Fsp3) is 0.333. The van der Waals surface area contributed by atoms with Crippen LogP contribution >= 0.6 is 0 Å². The molecule has 1 atom stereocenters. The van der Waals surface area contributed by atoms with Crippen molar-refractivity contribution < 1.29 is 9.00 Å². The van der Waals surface area contributed by atoms with Crippen LogP contribution in [-0.2, 0) is 14.5 Å². The van der Waals surface area contributed by atoms with Crippen molar-refractivity contribution in [3.05, 3.63) is 30.3 Å². The lowest BCUT2D eigenvalue weighted by atomic mass is 10.2. The number of benzene rings is 1. The van der Waals surface area contributed by atoms with Gasteiger partial charge in [-0.3, -0.25) is 4.79 Å². The standard InChI is InChI=1S/C12H18N2O2S/c1-3-7-11(12(13)15)17(16,14-2)10-8-5-4-6-9-10/h4-6,8-9H,3,7H2,1-2H3,(H2,13,15)(H,14,16). The van der Waals surface area contributed by atoms with Gasteiger partial charge < -0.3 is 5.73 Å². The summed E-state index contributed by atoms with van der Waals surface area (Å²) in [4.78, 5) is 12.3. The molecule has 4 nitrogen and oxygen atoms in total. The Bertz CT molecular complexity index is 502. The summed E-state index contributed by atoms with van der Waals surface area (Å²) in [5.41, 5.74) is 5.33. The lowest BCUT2D eigenvalue weighted by molar-refractivity contribution is -0.111. The van der Waals surface area contributed by atoms with Crippen LogP contribution in [0.1, 0.15) is 19.8 Å². The summed E-state index contributed by atoms with van der Waals surface area (Å²) in [5.74, 6) is -0.602. The Morgan fingerprint density at radius 2 is 1.94 bits per heavy atom. The molecule has 17 heavy (non-hydrogen) atoms. The molecule has 0 aliphatic carbocycles. The summed E-state index contributed by atoms with van der Waals surface area (Å²) >= 11 is 0. The van der Waals surface area contributed by atoms with Crippen molar-refractivity contribution in [2.45, 2.75) is 24.7 Å². The fourth-order valence-corrected chi connectivity index (χ4v) is 3.71. The molecule has 0 fully saturated rings. The number of carbonyl (C=O) groups excluding carboxylic acids is 1. The van der Waals surface area contributed by atoms with Crippen molar-refractivity contribution in [3.8, 4) is 0 Å². The first kappa shape index (κ1) is 13.7. The molecule has 0 aliphatic heterocycles. The van der Waals surface area contributed by atoms with Gasteiger partial charge in [-0.05, 0) is 25.6 Å². The molecule has 0 aliphatic rings. The molecule has 0 saturated heterocycles. The highest BCUT2D eigenvalue weighted by Gasteiger charge is 2.19. The van der Waals surface area contributed by atoms with Gasteiger partial charge in [0.25, 0.3) is 5.91 Å². The van der Waals surface area contributed by atoms with Crippen LogP contribution in [0.25, 0.3) is 0 Å². The van der Waals surface area contributed by atoms with Crippen molar-refractivity contribution in [2.75, 3.05) is 7.05 Å². The zero-order valence-electron chi connectivity index (χ0n) is 10.1. The number of hydrogen-bond acceptors (Lipinski definition) is 2. The molecule has 0 saturated carbocycles. The van der Waals surface area contributed by atoms with Crippen molar-refractivity contribution >= 4 is 20.5 Å². The first-order chi connectivity index (χ1) is 8.06. The maximum atomic E-state index is 12.8. The van der Waals surface area contributed by atoms with Gasteiger partial charge in [0, 0.05) is 4.90 Å². The van der Waals surface area contributed by atoms with Gasteiger partial charge in [0.1, 0.15) is 0 Å². The van der Waals surface area contributed by atoms with E-state index in [0.29, 0.717) is 11.3 Å². The highest BCUT2D eigenvalue weighted by Crippen LogP contribution is 2.12. The van der Waals surface area contributed by atoms with Crippen molar-refractivity contribution in [3.63, 3.8) is 0 Å². The summed E-state index contributed by atoms with van der Waals surface area (Å²) in [5, 5.41) is 0. The van der Waals surface area contributed by atoms with Crippen molar-refractivity contribution in [1.82, 2.24) is 4.72 Å². The van der Waals surface area contributed by atoms with Gasteiger partial charge in [-0.1, -0.05) is 31.5 Å². The number of nitrogens with one attached hydrogen (secondary N) is 1. The SMILES string of the molecule is CCCC(C(N)=O)=S(=O)(NC)c1ccccc1. The quantitative estimate of drug-likeness (QED) is 0.767. The minimum atomic E-state index is -2.72. The van der Waals surface area contributed by atoms with Gasteiger partial charge >= 0.3 is 0 Å². The predicted molar refractivity (Wildman–Crippen MR) is 71.0 cm³/mol. The molecule has 0 radical (unpaired) electrons. The third kappa shape index (κ3) is 2.87. The van der Waals surface area contributed by atoms with E-state index in [1.807, 2.05) is 13.0 Å². The number of rotatable bonds is 5. The Kier molecular flexibility index (Phi) is 4.72. The maximum absolute atomic E-state index is 12.8. The molecule has 0 spiro atoms. The Balaban J connectivity index is 3.51. The Hall–Kier alpha value is -1.33. The van der Waals surface area contributed by atoms with Crippen LogP contribution in [-0.4, -0.2) is 22.0 Å². The highest BCUT2D eigenvalue weighted by atomic mass is 32.2. The first-order valence-electron chi connectivity index (χ1n) is 5.49. The van der Waals surface area contributed by atoms with Crippen molar-refractivity contribution in [2.24, 2.45) is 5.73 Å². The lowest BCUT2D eigenvalue weighted by Crippen LogP contribution is -2.35.